The minimum Gasteiger partial charge on any atom is -0.481 e. The van der Waals surface area contributed by atoms with Crippen molar-refractivity contribution in [1.29, 1.82) is 0 Å². The highest BCUT2D eigenvalue weighted by Crippen LogP contribution is 2.18. The highest BCUT2D eigenvalue weighted by molar-refractivity contribution is 5.74. The number of pyridine rings is 1. The molecule has 0 atom stereocenters. The Morgan fingerprint density at radius 2 is 2.33 bits per heavy atom. The minimum absolute atomic E-state index is 0.0912. The van der Waals surface area contributed by atoms with Gasteiger partial charge in [-0.15, -0.1) is 0 Å². The average molecular weight is 206 g/mol. The van der Waals surface area contributed by atoms with Crippen molar-refractivity contribution in [2.45, 2.75) is 0 Å². The molecule has 0 unspecified atom stereocenters. The maximum atomic E-state index is 10.6. The van der Waals surface area contributed by atoms with Gasteiger partial charge in [0, 0.05) is 12.1 Å². The van der Waals surface area contributed by atoms with Crippen LogP contribution in [0, 0.1) is 22.0 Å². The van der Waals surface area contributed by atoms with E-state index in [2.05, 4.69) is 16.8 Å². The Labute approximate surface area is 85.0 Å². The number of methoxy groups -OCH3 is 1. The number of hydrogen-bond donors (Lipinski definition) is 0. The number of rotatable bonds is 2. The number of aldehydes is 1. The van der Waals surface area contributed by atoms with E-state index in [1.54, 1.807) is 0 Å². The molecule has 0 N–H and O–H groups in total. The van der Waals surface area contributed by atoms with Crippen molar-refractivity contribution in [3.05, 3.63) is 27.9 Å². The summed E-state index contributed by atoms with van der Waals surface area (Å²) in [5.41, 5.74) is -0.350. The molecule has 0 saturated heterocycles. The minimum atomic E-state index is -0.624. The predicted octanol–water partition coefficient (Wildman–Crippen LogP) is 0.549. The molecule has 0 aromatic carbocycles. The molecule has 0 fully saturated rings. The largest absolute Gasteiger partial charge is 0.481 e. The van der Waals surface area contributed by atoms with Crippen LogP contribution in [0.15, 0.2) is 12.1 Å². The van der Waals surface area contributed by atoms with Gasteiger partial charge >= 0.3 is 5.69 Å². The van der Waals surface area contributed by atoms with E-state index in [1.165, 1.54) is 19.2 Å². The number of ether oxygens (including phenoxy) is 1. The van der Waals surface area contributed by atoms with Gasteiger partial charge in [-0.2, -0.15) is 4.98 Å². The Morgan fingerprint density at radius 3 is 2.87 bits per heavy atom. The first-order valence-electron chi connectivity index (χ1n) is 3.83. The molecule has 6 nitrogen and oxygen atoms in total. The van der Waals surface area contributed by atoms with Gasteiger partial charge in [0.05, 0.1) is 12.0 Å². The first-order valence-corrected chi connectivity index (χ1v) is 3.83. The summed E-state index contributed by atoms with van der Waals surface area (Å²) in [7, 11) is 1.38. The topological polar surface area (TPSA) is 82.3 Å². The van der Waals surface area contributed by atoms with Crippen molar-refractivity contribution >= 4 is 12.0 Å². The van der Waals surface area contributed by atoms with Gasteiger partial charge in [0.1, 0.15) is 0 Å². The third-order valence-corrected chi connectivity index (χ3v) is 1.50. The lowest BCUT2D eigenvalue weighted by Gasteiger charge is -1.99. The molecule has 1 rings (SSSR count). The van der Waals surface area contributed by atoms with E-state index in [4.69, 9.17) is 4.74 Å². The van der Waals surface area contributed by atoms with Crippen LogP contribution in [0.4, 0.5) is 5.69 Å². The van der Waals surface area contributed by atoms with Crippen molar-refractivity contribution in [1.82, 2.24) is 4.98 Å². The smallest absolute Gasteiger partial charge is 0.303 e. The fourth-order valence-corrected chi connectivity index (χ4v) is 0.885. The van der Waals surface area contributed by atoms with Gasteiger partial charge in [0.25, 0.3) is 0 Å². The molecule has 76 valence electrons. The zero-order valence-corrected chi connectivity index (χ0v) is 7.76. The van der Waals surface area contributed by atoms with Crippen LogP contribution in [0.1, 0.15) is 5.69 Å². The van der Waals surface area contributed by atoms with Crippen molar-refractivity contribution in [2.24, 2.45) is 0 Å². The highest BCUT2D eigenvalue weighted by atomic mass is 16.6. The molecule has 0 spiro atoms. The first kappa shape index (κ1) is 10.7. The van der Waals surface area contributed by atoms with Gasteiger partial charge in [0.2, 0.25) is 5.88 Å². The van der Waals surface area contributed by atoms with Crippen LogP contribution in [-0.2, 0) is 4.79 Å². The number of nitrogens with zero attached hydrogens (tertiary/aromatic N) is 2. The van der Waals surface area contributed by atoms with Crippen LogP contribution in [0.25, 0.3) is 0 Å². The molecule has 0 aliphatic carbocycles. The molecule has 0 amide bonds. The fraction of sp³-hybridized carbons (Fsp3) is 0.111. The first-order chi connectivity index (χ1) is 7.19. The summed E-state index contributed by atoms with van der Waals surface area (Å²) in [5.74, 6) is 4.53. The van der Waals surface area contributed by atoms with Crippen molar-refractivity contribution < 1.29 is 14.5 Å². The van der Waals surface area contributed by atoms with Gasteiger partial charge in [-0.3, -0.25) is 14.9 Å². The quantitative estimate of drug-likeness (QED) is 0.305. The normalized spacial score (nSPS) is 8.60. The number of hydrogen-bond acceptors (Lipinski definition) is 5. The molecule has 0 aliphatic rings. The number of carbonyl (C=O) groups is 1. The summed E-state index contributed by atoms with van der Waals surface area (Å²) in [5, 5.41) is 10.6. The summed E-state index contributed by atoms with van der Waals surface area (Å²) in [6.45, 7) is 0. The Bertz CT molecular complexity index is 459. The van der Waals surface area contributed by atoms with Crippen LogP contribution in [0.3, 0.4) is 0 Å². The Morgan fingerprint density at radius 1 is 1.60 bits per heavy atom. The van der Waals surface area contributed by atoms with E-state index in [-0.39, 0.29) is 17.3 Å². The molecule has 1 aromatic rings. The predicted molar refractivity (Wildman–Crippen MR) is 50.4 cm³/mol. The van der Waals surface area contributed by atoms with Crippen LogP contribution < -0.4 is 4.74 Å². The average Bonchev–Trinajstić information content (AvgIpc) is 2.25. The monoisotopic (exact) mass is 206 g/mol. The standard InChI is InChI=1S/C9H6N2O4/c1-15-9-5-4-8(11(13)14)7(10-9)3-2-6-12/h4-6H,1H3. The van der Waals surface area contributed by atoms with E-state index in [9.17, 15) is 14.9 Å². The van der Waals surface area contributed by atoms with E-state index in [0.717, 1.165) is 0 Å². The number of carbonyl (C=O) groups excluding carboxylic acids is 1. The molecule has 0 radical (unpaired) electrons. The van der Waals surface area contributed by atoms with E-state index >= 15 is 0 Å². The number of aromatic nitrogens is 1. The zero-order valence-electron chi connectivity index (χ0n) is 7.76. The molecule has 0 bridgehead atoms. The fourth-order valence-electron chi connectivity index (χ4n) is 0.885. The Balaban J connectivity index is 3.28. The molecule has 1 aromatic heterocycles. The third kappa shape index (κ3) is 2.51. The van der Waals surface area contributed by atoms with Gasteiger partial charge in [-0.1, -0.05) is 0 Å². The Kier molecular flexibility index (Phi) is 3.35. The summed E-state index contributed by atoms with van der Waals surface area (Å²) < 4.78 is 4.78. The van der Waals surface area contributed by atoms with Gasteiger partial charge < -0.3 is 4.74 Å². The molecular weight excluding hydrogens is 200 g/mol. The van der Waals surface area contributed by atoms with Gasteiger partial charge in [-0.25, -0.2) is 0 Å². The van der Waals surface area contributed by atoms with Crippen LogP contribution in [0.5, 0.6) is 5.88 Å². The third-order valence-electron chi connectivity index (χ3n) is 1.50. The van der Waals surface area contributed by atoms with Crippen LogP contribution >= 0.6 is 0 Å². The number of nitro groups is 1. The van der Waals surface area contributed by atoms with Crippen LogP contribution in [0.2, 0.25) is 0 Å². The second-order valence-corrected chi connectivity index (χ2v) is 2.37. The van der Waals surface area contributed by atoms with Crippen molar-refractivity contribution in [3.8, 4) is 17.7 Å². The lowest BCUT2D eigenvalue weighted by molar-refractivity contribution is -0.385. The second kappa shape index (κ2) is 4.72. The molecule has 1 heterocycles. The van der Waals surface area contributed by atoms with Gasteiger partial charge in [-0.05, 0) is 11.8 Å². The molecule has 15 heavy (non-hydrogen) atoms. The summed E-state index contributed by atoms with van der Waals surface area (Å²) in [4.78, 5) is 23.7. The highest BCUT2D eigenvalue weighted by Gasteiger charge is 2.14. The summed E-state index contributed by atoms with van der Waals surface area (Å²) in [6, 6.07) is 2.57. The van der Waals surface area contributed by atoms with E-state index in [0.29, 0.717) is 6.29 Å². The lowest BCUT2D eigenvalue weighted by Crippen LogP contribution is -1.97. The van der Waals surface area contributed by atoms with E-state index < -0.39 is 4.92 Å². The van der Waals surface area contributed by atoms with Crippen molar-refractivity contribution in [2.75, 3.05) is 7.11 Å². The summed E-state index contributed by atoms with van der Waals surface area (Å²) in [6.07, 6.45) is 0.338. The van der Waals surface area contributed by atoms with Crippen LogP contribution in [-0.4, -0.2) is 23.3 Å². The van der Waals surface area contributed by atoms with E-state index in [1.807, 2.05) is 0 Å². The maximum absolute atomic E-state index is 10.6. The zero-order chi connectivity index (χ0) is 11.3. The molecule has 0 saturated carbocycles. The summed E-state index contributed by atoms with van der Waals surface area (Å²) >= 11 is 0. The van der Waals surface area contributed by atoms with Gasteiger partial charge in [0.15, 0.2) is 12.0 Å². The van der Waals surface area contributed by atoms with Crippen molar-refractivity contribution in [3.63, 3.8) is 0 Å². The lowest BCUT2D eigenvalue weighted by atomic mass is 10.3. The SMILES string of the molecule is COc1ccc([N+](=O)[O-])c(C#CC=O)n1. The second-order valence-electron chi connectivity index (χ2n) is 2.37. The Hall–Kier alpha value is -2.42. The molecule has 6 heteroatoms. The molecular formula is C9H6N2O4. The molecule has 0 aliphatic heterocycles. The maximum Gasteiger partial charge on any atom is 0.303 e.